The monoisotopic (exact) mass is 531 g/mol. The quantitative estimate of drug-likeness (QED) is 0.335. The number of hydrogen-bond acceptors (Lipinski definition) is 4. The van der Waals surface area contributed by atoms with Crippen molar-refractivity contribution in [1.29, 1.82) is 0 Å². The number of rotatable bonds is 6. The van der Waals surface area contributed by atoms with Gasteiger partial charge in [0.1, 0.15) is 5.60 Å². The lowest BCUT2D eigenvalue weighted by molar-refractivity contribution is 0.0507. The first-order valence-corrected chi connectivity index (χ1v) is 10.4. The van der Waals surface area contributed by atoms with Gasteiger partial charge < -0.3 is 25.2 Å². The van der Waals surface area contributed by atoms with Gasteiger partial charge in [-0.05, 0) is 53.8 Å². The number of aliphatic imine (C=N–C) groups is 1. The highest BCUT2D eigenvalue weighted by Crippen LogP contribution is 2.19. The van der Waals surface area contributed by atoms with E-state index in [0.29, 0.717) is 6.54 Å². The molecule has 1 aliphatic rings. The average Bonchev–Trinajstić information content (AvgIpc) is 3.08. The van der Waals surface area contributed by atoms with Crippen molar-refractivity contribution < 1.29 is 9.53 Å². The van der Waals surface area contributed by atoms with E-state index in [1.54, 1.807) is 0 Å². The summed E-state index contributed by atoms with van der Waals surface area (Å²) in [7, 11) is 4.16. The second-order valence-electron chi connectivity index (χ2n) is 8.66. The zero-order valence-electron chi connectivity index (χ0n) is 19.1. The van der Waals surface area contributed by atoms with Crippen molar-refractivity contribution in [2.45, 2.75) is 51.8 Å². The van der Waals surface area contributed by atoms with Crippen LogP contribution in [-0.2, 0) is 4.74 Å². The first kappa shape index (κ1) is 26.5. The van der Waals surface area contributed by atoms with Crippen LogP contribution in [0.5, 0.6) is 0 Å². The minimum absolute atomic E-state index is 0. The summed E-state index contributed by atoms with van der Waals surface area (Å²) in [5, 5.41) is 6.37. The molecular formula is C22H38IN5O2. The first-order chi connectivity index (χ1) is 13.7. The third-order valence-electron chi connectivity index (χ3n) is 4.77. The highest BCUT2D eigenvalue weighted by molar-refractivity contribution is 14.0. The van der Waals surface area contributed by atoms with Crippen LogP contribution in [0.15, 0.2) is 35.3 Å². The summed E-state index contributed by atoms with van der Waals surface area (Å²) < 4.78 is 5.38. The van der Waals surface area contributed by atoms with E-state index in [1.165, 1.54) is 5.56 Å². The first-order valence-electron chi connectivity index (χ1n) is 10.4. The number of ether oxygens (including phenoxy) is 1. The average molecular weight is 531 g/mol. The molecule has 8 heteroatoms. The van der Waals surface area contributed by atoms with Gasteiger partial charge in [0, 0.05) is 19.6 Å². The summed E-state index contributed by atoms with van der Waals surface area (Å²) in [4.78, 5) is 21.4. The zero-order chi connectivity index (χ0) is 21.4. The van der Waals surface area contributed by atoms with E-state index >= 15 is 0 Å². The Morgan fingerprint density at radius 2 is 1.97 bits per heavy atom. The number of nitrogens with one attached hydrogen (secondary N) is 2. The van der Waals surface area contributed by atoms with Crippen LogP contribution in [0.2, 0.25) is 0 Å². The maximum absolute atomic E-state index is 12.1. The van der Waals surface area contributed by atoms with Gasteiger partial charge in [0.2, 0.25) is 0 Å². The molecule has 0 saturated carbocycles. The molecule has 1 heterocycles. The molecule has 1 aromatic rings. The van der Waals surface area contributed by atoms with Crippen LogP contribution >= 0.6 is 24.0 Å². The van der Waals surface area contributed by atoms with Crippen molar-refractivity contribution in [2.24, 2.45) is 4.99 Å². The predicted octanol–water partition coefficient (Wildman–Crippen LogP) is 3.47. The van der Waals surface area contributed by atoms with Crippen LogP contribution in [0.25, 0.3) is 0 Å². The Balaban J connectivity index is 0.00000450. The Labute approximate surface area is 198 Å². The van der Waals surface area contributed by atoms with E-state index < -0.39 is 5.60 Å². The number of nitrogens with zero attached hydrogens (tertiary/aromatic N) is 3. The van der Waals surface area contributed by atoms with Crippen molar-refractivity contribution in [3.05, 3.63) is 35.9 Å². The molecule has 0 aliphatic carbocycles. The molecule has 170 valence electrons. The summed E-state index contributed by atoms with van der Waals surface area (Å²) in [6, 6.07) is 10.7. The fourth-order valence-corrected chi connectivity index (χ4v) is 3.39. The van der Waals surface area contributed by atoms with Gasteiger partial charge in [-0.1, -0.05) is 30.3 Å². The van der Waals surface area contributed by atoms with Crippen molar-refractivity contribution in [1.82, 2.24) is 20.4 Å². The summed E-state index contributed by atoms with van der Waals surface area (Å²) in [6.45, 7) is 10.7. The number of likely N-dealkylation sites (N-methyl/N-ethyl adjacent to an activating group) is 1. The van der Waals surface area contributed by atoms with E-state index in [0.717, 1.165) is 32.0 Å². The molecule has 0 radical (unpaired) electrons. The molecule has 2 N–H and O–H groups in total. The fraction of sp³-hybridized carbons (Fsp3) is 0.636. The second-order valence-corrected chi connectivity index (χ2v) is 8.66. The highest BCUT2D eigenvalue weighted by Gasteiger charge is 2.28. The molecule has 0 aromatic heterocycles. The van der Waals surface area contributed by atoms with Gasteiger partial charge in [0.05, 0.1) is 18.6 Å². The Bertz CT molecular complexity index is 676. The molecule has 2 rings (SSSR count). The van der Waals surface area contributed by atoms with Crippen molar-refractivity contribution in [3.63, 3.8) is 0 Å². The Morgan fingerprint density at radius 3 is 2.53 bits per heavy atom. The number of guanidine groups is 1. The number of halogens is 1. The van der Waals surface area contributed by atoms with E-state index in [9.17, 15) is 4.79 Å². The standard InChI is InChI=1S/C22H37N5O2.HI/c1-7-23-20(24-15-19(26(5)6)17-11-9-8-10-12-17)27-14-13-18(16-27)25-21(28)29-22(2,3)4;/h8-12,18-19H,7,13-16H2,1-6H3,(H,23,24)(H,25,28);1H. The van der Waals surface area contributed by atoms with Gasteiger partial charge in [-0.15, -0.1) is 24.0 Å². The normalized spacial score (nSPS) is 18.0. The van der Waals surface area contributed by atoms with E-state index in [2.05, 4.69) is 65.7 Å². The molecule has 2 atom stereocenters. The van der Waals surface area contributed by atoms with E-state index in [-0.39, 0.29) is 42.2 Å². The maximum Gasteiger partial charge on any atom is 0.407 e. The summed E-state index contributed by atoms with van der Waals surface area (Å²) >= 11 is 0. The number of carbonyl (C=O) groups excluding carboxylic acids is 1. The topological polar surface area (TPSA) is 69.2 Å². The van der Waals surface area contributed by atoms with Crippen LogP contribution in [0.3, 0.4) is 0 Å². The maximum atomic E-state index is 12.1. The molecule has 1 saturated heterocycles. The van der Waals surface area contributed by atoms with E-state index in [1.807, 2.05) is 26.8 Å². The largest absolute Gasteiger partial charge is 0.444 e. The number of amides is 1. The molecule has 0 spiro atoms. The predicted molar refractivity (Wildman–Crippen MR) is 134 cm³/mol. The van der Waals surface area contributed by atoms with Crippen LogP contribution < -0.4 is 10.6 Å². The smallest absolute Gasteiger partial charge is 0.407 e. The van der Waals surface area contributed by atoms with Crippen LogP contribution in [0, 0.1) is 0 Å². The highest BCUT2D eigenvalue weighted by atomic mass is 127. The van der Waals surface area contributed by atoms with Crippen LogP contribution in [0.1, 0.15) is 45.7 Å². The van der Waals surface area contributed by atoms with Crippen LogP contribution in [-0.4, -0.2) is 73.8 Å². The number of benzene rings is 1. The third-order valence-corrected chi connectivity index (χ3v) is 4.77. The summed E-state index contributed by atoms with van der Waals surface area (Å²) in [5.74, 6) is 0.892. The fourth-order valence-electron chi connectivity index (χ4n) is 3.39. The minimum atomic E-state index is -0.489. The van der Waals surface area contributed by atoms with Crippen LogP contribution in [0.4, 0.5) is 4.79 Å². The third kappa shape index (κ3) is 8.67. The molecular weight excluding hydrogens is 493 g/mol. The Kier molecular flexibility index (Phi) is 10.9. The SMILES string of the molecule is CCNC(=NCC(c1ccccc1)N(C)C)N1CCC(NC(=O)OC(C)(C)C)C1.I. The van der Waals surface area contributed by atoms with Crippen molar-refractivity contribution >= 4 is 36.0 Å². The number of carbonyl (C=O) groups is 1. The van der Waals surface area contributed by atoms with Crippen molar-refractivity contribution in [3.8, 4) is 0 Å². The Hall–Kier alpha value is -1.55. The van der Waals surface area contributed by atoms with Gasteiger partial charge in [-0.25, -0.2) is 4.79 Å². The van der Waals surface area contributed by atoms with Gasteiger partial charge in [-0.2, -0.15) is 0 Å². The van der Waals surface area contributed by atoms with E-state index in [4.69, 9.17) is 9.73 Å². The summed E-state index contributed by atoms with van der Waals surface area (Å²) in [5.41, 5.74) is 0.764. The van der Waals surface area contributed by atoms with Gasteiger partial charge in [0.25, 0.3) is 0 Å². The molecule has 30 heavy (non-hydrogen) atoms. The minimum Gasteiger partial charge on any atom is -0.444 e. The zero-order valence-corrected chi connectivity index (χ0v) is 21.5. The lowest BCUT2D eigenvalue weighted by Crippen LogP contribution is -2.44. The van der Waals surface area contributed by atoms with Gasteiger partial charge in [0.15, 0.2) is 5.96 Å². The second kappa shape index (κ2) is 12.3. The molecule has 1 aliphatic heterocycles. The van der Waals surface area contributed by atoms with Gasteiger partial charge in [-0.3, -0.25) is 4.99 Å². The van der Waals surface area contributed by atoms with Crippen molar-refractivity contribution in [2.75, 3.05) is 40.3 Å². The Morgan fingerprint density at radius 1 is 1.30 bits per heavy atom. The number of likely N-dealkylation sites (tertiary alicyclic amines) is 1. The summed E-state index contributed by atoms with van der Waals surface area (Å²) in [6.07, 6.45) is 0.516. The molecule has 2 unspecified atom stereocenters. The number of alkyl carbamates (subject to hydrolysis) is 1. The molecule has 1 aromatic carbocycles. The van der Waals surface area contributed by atoms with Gasteiger partial charge >= 0.3 is 6.09 Å². The molecule has 7 nitrogen and oxygen atoms in total. The lowest BCUT2D eigenvalue weighted by atomic mass is 10.1. The molecule has 1 amide bonds. The molecule has 0 bridgehead atoms. The lowest BCUT2D eigenvalue weighted by Gasteiger charge is -2.26. The number of hydrogen-bond donors (Lipinski definition) is 2. The molecule has 1 fully saturated rings.